The van der Waals surface area contributed by atoms with Crippen LogP contribution in [0.5, 0.6) is 0 Å². The quantitative estimate of drug-likeness (QED) is 0.268. The first-order valence-corrected chi connectivity index (χ1v) is 8.05. The van der Waals surface area contributed by atoms with Crippen LogP contribution in [0, 0.1) is 10.1 Å². The largest absolute Gasteiger partial charge is 0.295 e. The van der Waals surface area contributed by atoms with E-state index in [0.717, 1.165) is 15.5 Å². The number of fused-ring (bicyclic) bond motifs is 3. The minimum atomic E-state index is -0.436. The monoisotopic (exact) mass is 340 g/mol. The standard InChI is InChI=1S/C17H9ClN2O2S/c18-16-8-6-13(20(21)22)17(19-16)10-5-7-15-12(9-10)11-3-1-2-4-14(11)23-15/h1-9H. The van der Waals surface area contributed by atoms with Gasteiger partial charge in [0.2, 0.25) is 0 Å². The van der Waals surface area contributed by atoms with Gasteiger partial charge in [0.15, 0.2) is 0 Å². The predicted molar refractivity (Wildman–Crippen MR) is 94.2 cm³/mol. The average molecular weight is 341 g/mol. The Morgan fingerprint density at radius 2 is 1.78 bits per heavy atom. The summed E-state index contributed by atoms with van der Waals surface area (Å²) in [4.78, 5) is 15.0. The molecule has 0 amide bonds. The normalized spacial score (nSPS) is 11.2. The van der Waals surface area contributed by atoms with Crippen LogP contribution >= 0.6 is 22.9 Å². The van der Waals surface area contributed by atoms with Crippen molar-refractivity contribution in [1.82, 2.24) is 4.98 Å². The van der Waals surface area contributed by atoms with Gasteiger partial charge in [0.05, 0.1) is 4.92 Å². The zero-order valence-corrected chi connectivity index (χ0v) is 13.3. The Morgan fingerprint density at radius 1 is 1.00 bits per heavy atom. The summed E-state index contributed by atoms with van der Waals surface area (Å²) in [5, 5.41) is 13.7. The molecule has 0 saturated carbocycles. The van der Waals surface area contributed by atoms with Gasteiger partial charge in [-0.2, -0.15) is 0 Å². The van der Waals surface area contributed by atoms with E-state index in [1.807, 2.05) is 30.3 Å². The number of rotatable bonds is 2. The van der Waals surface area contributed by atoms with Gasteiger partial charge in [0, 0.05) is 31.8 Å². The van der Waals surface area contributed by atoms with Crippen molar-refractivity contribution in [3.63, 3.8) is 0 Å². The summed E-state index contributed by atoms with van der Waals surface area (Å²) in [6.45, 7) is 0. The number of hydrogen-bond acceptors (Lipinski definition) is 4. The highest BCUT2D eigenvalue weighted by atomic mass is 35.5. The molecule has 2 aromatic carbocycles. The molecule has 2 aromatic heterocycles. The molecule has 0 aliphatic carbocycles. The van der Waals surface area contributed by atoms with E-state index in [-0.39, 0.29) is 10.8 Å². The Morgan fingerprint density at radius 3 is 2.61 bits per heavy atom. The SMILES string of the molecule is O=[N+]([O-])c1ccc(Cl)nc1-c1ccc2sc3ccccc3c2c1. The Kier molecular flexibility index (Phi) is 3.25. The number of thiophene rings is 1. The van der Waals surface area contributed by atoms with Gasteiger partial charge >= 0.3 is 0 Å². The second kappa shape index (κ2) is 5.30. The van der Waals surface area contributed by atoms with Crippen LogP contribution < -0.4 is 0 Å². The van der Waals surface area contributed by atoms with Crippen LogP contribution in [0.25, 0.3) is 31.4 Å². The van der Waals surface area contributed by atoms with Gasteiger partial charge in [-0.3, -0.25) is 10.1 Å². The second-order valence-corrected chi connectivity index (χ2v) is 6.54. The molecule has 0 aliphatic heterocycles. The van der Waals surface area contributed by atoms with Crippen LogP contribution in [0.15, 0.2) is 54.6 Å². The zero-order valence-electron chi connectivity index (χ0n) is 11.7. The van der Waals surface area contributed by atoms with Gasteiger partial charge < -0.3 is 0 Å². The predicted octanol–water partition coefficient (Wildman–Crippen LogP) is 5.68. The lowest BCUT2D eigenvalue weighted by atomic mass is 10.1. The topological polar surface area (TPSA) is 56.0 Å². The molecule has 6 heteroatoms. The van der Waals surface area contributed by atoms with E-state index in [1.165, 1.54) is 16.8 Å². The highest BCUT2D eigenvalue weighted by molar-refractivity contribution is 7.25. The van der Waals surface area contributed by atoms with Gasteiger partial charge in [0.25, 0.3) is 5.69 Å². The van der Waals surface area contributed by atoms with Crippen molar-refractivity contribution < 1.29 is 4.92 Å². The fraction of sp³-hybridized carbons (Fsp3) is 0. The van der Waals surface area contributed by atoms with Crippen LogP contribution in [0.4, 0.5) is 5.69 Å². The number of nitrogens with zero attached hydrogens (tertiary/aromatic N) is 2. The molecule has 0 fully saturated rings. The number of pyridine rings is 1. The van der Waals surface area contributed by atoms with Crippen molar-refractivity contribution in [2.24, 2.45) is 0 Å². The minimum absolute atomic E-state index is 0.0479. The number of benzene rings is 2. The molecule has 0 spiro atoms. The Labute approximate surface area is 140 Å². The molecule has 0 radical (unpaired) electrons. The van der Waals surface area contributed by atoms with Gasteiger partial charge in [-0.1, -0.05) is 35.9 Å². The van der Waals surface area contributed by atoms with E-state index in [0.29, 0.717) is 11.3 Å². The van der Waals surface area contributed by atoms with Crippen molar-refractivity contribution in [2.45, 2.75) is 0 Å². The summed E-state index contributed by atoms with van der Waals surface area (Å²) in [6.07, 6.45) is 0. The number of halogens is 1. The molecule has 4 aromatic rings. The molecule has 23 heavy (non-hydrogen) atoms. The van der Waals surface area contributed by atoms with Gasteiger partial charge in [-0.25, -0.2) is 4.98 Å². The summed E-state index contributed by atoms with van der Waals surface area (Å²) in [7, 11) is 0. The number of hydrogen-bond donors (Lipinski definition) is 0. The lowest BCUT2D eigenvalue weighted by molar-refractivity contribution is -0.384. The van der Waals surface area contributed by atoms with Crippen LogP contribution in [-0.2, 0) is 0 Å². The molecule has 2 heterocycles. The second-order valence-electron chi connectivity index (χ2n) is 5.07. The van der Waals surface area contributed by atoms with Crippen molar-refractivity contribution in [3.8, 4) is 11.3 Å². The molecule has 4 nitrogen and oxygen atoms in total. The van der Waals surface area contributed by atoms with Crippen LogP contribution in [0.3, 0.4) is 0 Å². The fourth-order valence-electron chi connectivity index (χ4n) is 2.66. The Balaban J connectivity index is 2.01. The first-order valence-electron chi connectivity index (χ1n) is 6.86. The van der Waals surface area contributed by atoms with Crippen molar-refractivity contribution in [2.75, 3.05) is 0 Å². The summed E-state index contributed by atoms with van der Waals surface area (Å²) in [5.74, 6) is 0. The van der Waals surface area contributed by atoms with Gasteiger partial charge in [0.1, 0.15) is 10.8 Å². The first kappa shape index (κ1) is 14.1. The van der Waals surface area contributed by atoms with Gasteiger partial charge in [-0.15, -0.1) is 11.3 Å². The van der Waals surface area contributed by atoms with Gasteiger partial charge in [-0.05, 0) is 24.3 Å². The minimum Gasteiger partial charge on any atom is -0.258 e. The average Bonchev–Trinajstić information content (AvgIpc) is 2.92. The Bertz CT molecular complexity index is 1070. The first-order chi connectivity index (χ1) is 11.1. The van der Waals surface area contributed by atoms with Crippen molar-refractivity contribution in [1.29, 1.82) is 0 Å². The molecular weight excluding hydrogens is 332 g/mol. The van der Waals surface area contributed by atoms with E-state index in [2.05, 4.69) is 17.1 Å². The van der Waals surface area contributed by atoms with E-state index >= 15 is 0 Å². The maximum Gasteiger partial charge on any atom is 0.295 e. The van der Waals surface area contributed by atoms with E-state index in [9.17, 15) is 10.1 Å². The van der Waals surface area contributed by atoms with Crippen molar-refractivity contribution in [3.05, 3.63) is 69.9 Å². The zero-order chi connectivity index (χ0) is 16.0. The third-order valence-electron chi connectivity index (χ3n) is 3.69. The highest BCUT2D eigenvalue weighted by Gasteiger charge is 2.18. The molecule has 4 rings (SSSR count). The summed E-state index contributed by atoms with van der Waals surface area (Å²) < 4.78 is 2.33. The van der Waals surface area contributed by atoms with E-state index < -0.39 is 4.92 Å². The lowest BCUT2D eigenvalue weighted by Gasteiger charge is -2.03. The maximum atomic E-state index is 11.3. The molecular formula is C17H9ClN2O2S. The van der Waals surface area contributed by atoms with Crippen LogP contribution in [0.2, 0.25) is 5.15 Å². The molecule has 0 bridgehead atoms. The Hall–Kier alpha value is -2.50. The fourth-order valence-corrected chi connectivity index (χ4v) is 3.90. The lowest BCUT2D eigenvalue weighted by Crippen LogP contribution is -1.94. The van der Waals surface area contributed by atoms with Crippen molar-refractivity contribution >= 4 is 48.8 Å². The molecule has 0 aliphatic rings. The highest BCUT2D eigenvalue weighted by Crippen LogP contribution is 2.37. The third kappa shape index (κ3) is 2.34. The molecule has 0 atom stereocenters. The summed E-state index contributed by atoms with van der Waals surface area (Å²) >= 11 is 7.63. The van der Waals surface area contributed by atoms with Crippen LogP contribution in [0.1, 0.15) is 0 Å². The summed E-state index contributed by atoms with van der Waals surface area (Å²) in [5.41, 5.74) is 0.934. The third-order valence-corrected chi connectivity index (χ3v) is 5.05. The molecule has 0 N–H and O–H groups in total. The maximum absolute atomic E-state index is 11.3. The summed E-state index contributed by atoms with van der Waals surface area (Å²) in [6, 6.07) is 16.7. The number of nitro groups is 1. The smallest absolute Gasteiger partial charge is 0.258 e. The number of aromatic nitrogens is 1. The molecule has 112 valence electrons. The van der Waals surface area contributed by atoms with E-state index in [4.69, 9.17) is 11.6 Å². The van der Waals surface area contributed by atoms with E-state index in [1.54, 1.807) is 11.3 Å². The molecule has 0 saturated heterocycles. The molecule has 0 unspecified atom stereocenters. The van der Waals surface area contributed by atoms with Crippen LogP contribution in [-0.4, -0.2) is 9.91 Å².